The number of guanidine groups is 1. The van der Waals surface area contributed by atoms with Crippen LogP contribution >= 0.6 is 11.8 Å². The summed E-state index contributed by atoms with van der Waals surface area (Å²) in [4.78, 5) is 9.22. The van der Waals surface area contributed by atoms with Crippen LogP contribution in [-0.4, -0.2) is 67.0 Å². The lowest BCUT2D eigenvalue weighted by molar-refractivity contribution is 0.204. The molecule has 4 nitrogen and oxygen atoms in total. The van der Waals surface area contributed by atoms with Gasteiger partial charge in [0.1, 0.15) is 0 Å². The predicted octanol–water partition coefficient (Wildman–Crippen LogP) is 1.08. The lowest BCUT2D eigenvalue weighted by Gasteiger charge is -2.30. The lowest BCUT2D eigenvalue weighted by atomic mass is 9.95. The molecule has 0 radical (unpaired) electrons. The molecule has 2 fully saturated rings. The lowest BCUT2D eigenvalue weighted by Crippen LogP contribution is -2.42. The minimum absolute atomic E-state index is 0.763. The van der Waals surface area contributed by atoms with Crippen molar-refractivity contribution in [1.82, 2.24) is 9.80 Å². The number of piperidine rings is 1. The van der Waals surface area contributed by atoms with Gasteiger partial charge in [-0.15, -0.1) is 0 Å². The summed E-state index contributed by atoms with van der Waals surface area (Å²) in [6.07, 6.45) is 3.89. The first-order chi connectivity index (χ1) is 8.75. The number of hydrogen-bond donors (Lipinski definition) is 1. The summed E-state index contributed by atoms with van der Waals surface area (Å²) < 4.78 is 0. The summed E-state index contributed by atoms with van der Waals surface area (Å²) in [5.74, 6) is 3.95. The van der Waals surface area contributed by atoms with Gasteiger partial charge in [0.05, 0.1) is 0 Å². The highest BCUT2D eigenvalue weighted by Crippen LogP contribution is 2.18. The first-order valence-corrected chi connectivity index (χ1v) is 8.22. The van der Waals surface area contributed by atoms with Gasteiger partial charge in [-0.05, 0) is 38.8 Å². The van der Waals surface area contributed by atoms with Crippen molar-refractivity contribution in [1.29, 1.82) is 0 Å². The van der Waals surface area contributed by atoms with E-state index in [1.807, 2.05) is 11.8 Å². The number of nitrogens with two attached hydrogens (primary N) is 1. The second kappa shape index (κ2) is 7.24. The van der Waals surface area contributed by atoms with Gasteiger partial charge in [-0.3, -0.25) is 4.99 Å². The number of thioether (sulfide) groups is 1. The second-order valence-electron chi connectivity index (χ2n) is 5.40. The maximum atomic E-state index is 6.05. The zero-order chi connectivity index (χ0) is 12.8. The van der Waals surface area contributed by atoms with Gasteiger partial charge in [-0.25, -0.2) is 0 Å². The molecule has 18 heavy (non-hydrogen) atoms. The number of likely N-dealkylation sites (tertiary alicyclic amines) is 1. The molecule has 0 aromatic heterocycles. The van der Waals surface area contributed by atoms with E-state index < -0.39 is 0 Å². The average molecular weight is 270 g/mol. The van der Waals surface area contributed by atoms with E-state index in [0.717, 1.165) is 31.5 Å². The molecule has 2 N–H and O–H groups in total. The molecular weight excluding hydrogens is 244 g/mol. The maximum Gasteiger partial charge on any atom is 0.191 e. The summed E-state index contributed by atoms with van der Waals surface area (Å²) in [5.41, 5.74) is 6.05. The summed E-state index contributed by atoms with van der Waals surface area (Å²) in [5, 5.41) is 0. The van der Waals surface area contributed by atoms with E-state index >= 15 is 0 Å². The third kappa shape index (κ3) is 4.35. The van der Waals surface area contributed by atoms with Crippen LogP contribution in [-0.2, 0) is 0 Å². The minimum Gasteiger partial charge on any atom is -0.370 e. The Bertz CT molecular complexity index is 276. The fourth-order valence-electron chi connectivity index (χ4n) is 2.76. The number of rotatable bonds is 3. The Labute approximate surface area is 115 Å². The van der Waals surface area contributed by atoms with Crippen LogP contribution in [0.5, 0.6) is 0 Å². The fourth-order valence-corrected chi connectivity index (χ4v) is 3.67. The summed E-state index contributed by atoms with van der Waals surface area (Å²) in [7, 11) is 2.22. The van der Waals surface area contributed by atoms with Crippen LogP contribution in [0, 0.1) is 5.92 Å². The van der Waals surface area contributed by atoms with Gasteiger partial charge in [0.25, 0.3) is 0 Å². The molecule has 2 heterocycles. The van der Waals surface area contributed by atoms with Crippen LogP contribution < -0.4 is 5.73 Å². The van der Waals surface area contributed by atoms with Crippen molar-refractivity contribution in [3.05, 3.63) is 0 Å². The van der Waals surface area contributed by atoms with Gasteiger partial charge in [-0.1, -0.05) is 0 Å². The number of hydrogen-bond acceptors (Lipinski definition) is 3. The van der Waals surface area contributed by atoms with E-state index in [4.69, 9.17) is 5.73 Å². The van der Waals surface area contributed by atoms with Crippen LogP contribution in [0.25, 0.3) is 0 Å². The Morgan fingerprint density at radius 2 is 2.11 bits per heavy atom. The van der Waals surface area contributed by atoms with Crippen LogP contribution in [0.15, 0.2) is 4.99 Å². The molecule has 104 valence electrons. The molecule has 2 aliphatic heterocycles. The third-order valence-corrected chi connectivity index (χ3v) is 4.81. The SMILES string of the molecule is CN1CCCC(CCN=C(N)N2CCSCC2)C1. The molecule has 0 saturated carbocycles. The zero-order valence-corrected chi connectivity index (χ0v) is 12.3. The predicted molar refractivity (Wildman–Crippen MR) is 80.2 cm³/mol. The van der Waals surface area contributed by atoms with Crippen molar-refractivity contribution in [2.24, 2.45) is 16.6 Å². The molecule has 5 heteroatoms. The molecular formula is C13H26N4S. The van der Waals surface area contributed by atoms with Crippen LogP contribution in [0.3, 0.4) is 0 Å². The zero-order valence-electron chi connectivity index (χ0n) is 11.5. The van der Waals surface area contributed by atoms with Gasteiger partial charge in [0, 0.05) is 37.7 Å². The molecule has 1 atom stereocenters. The van der Waals surface area contributed by atoms with Crippen molar-refractivity contribution in [3.8, 4) is 0 Å². The molecule has 0 aromatic rings. The number of aliphatic imine (C=N–C) groups is 1. The van der Waals surface area contributed by atoms with Crippen LogP contribution in [0.2, 0.25) is 0 Å². The first kappa shape index (κ1) is 14.0. The Balaban J connectivity index is 1.69. The maximum absolute atomic E-state index is 6.05. The van der Waals surface area contributed by atoms with Crippen molar-refractivity contribution in [3.63, 3.8) is 0 Å². The van der Waals surface area contributed by atoms with Crippen molar-refractivity contribution < 1.29 is 0 Å². The van der Waals surface area contributed by atoms with E-state index in [-0.39, 0.29) is 0 Å². The van der Waals surface area contributed by atoms with Gasteiger partial charge in [-0.2, -0.15) is 11.8 Å². The minimum atomic E-state index is 0.763. The van der Waals surface area contributed by atoms with E-state index in [1.165, 1.54) is 43.9 Å². The van der Waals surface area contributed by atoms with Crippen LogP contribution in [0.4, 0.5) is 0 Å². The molecule has 0 aliphatic carbocycles. The summed E-state index contributed by atoms with van der Waals surface area (Å²) in [6, 6.07) is 0. The van der Waals surface area contributed by atoms with Gasteiger partial charge in [0.15, 0.2) is 5.96 Å². The Morgan fingerprint density at radius 3 is 2.83 bits per heavy atom. The fraction of sp³-hybridized carbons (Fsp3) is 0.923. The topological polar surface area (TPSA) is 44.9 Å². The van der Waals surface area contributed by atoms with E-state index in [2.05, 4.69) is 21.8 Å². The number of nitrogens with zero attached hydrogens (tertiary/aromatic N) is 3. The van der Waals surface area contributed by atoms with Crippen molar-refractivity contribution >= 4 is 17.7 Å². The Kier molecular flexibility index (Phi) is 5.63. The van der Waals surface area contributed by atoms with E-state index in [0.29, 0.717) is 0 Å². The highest BCUT2D eigenvalue weighted by Gasteiger charge is 2.17. The van der Waals surface area contributed by atoms with Crippen molar-refractivity contribution in [2.75, 3.05) is 51.3 Å². The highest BCUT2D eigenvalue weighted by molar-refractivity contribution is 7.99. The van der Waals surface area contributed by atoms with E-state index in [1.54, 1.807) is 0 Å². The Hall–Kier alpha value is -0.420. The summed E-state index contributed by atoms with van der Waals surface area (Å²) in [6.45, 7) is 5.51. The normalized spacial score (nSPS) is 27.5. The molecule has 2 saturated heterocycles. The molecule has 0 bridgehead atoms. The smallest absolute Gasteiger partial charge is 0.191 e. The third-order valence-electron chi connectivity index (χ3n) is 3.87. The van der Waals surface area contributed by atoms with Crippen molar-refractivity contribution in [2.45, 2.75) is 19.3 Å². The molecule has 0 spiro atoms. The molecule has 2 aliphatic rings. The summed E-state index contributed by atoms with van der Waals surface area (Å²) >= 11 is 2.01. The van der Waals surface area contributed by atoms with Gasteiger partial charge in [0.2, 0.25) is 0 Å². The first-order valence-electron chi connectivity index (χ1n) is 7.07. The second-order valence-corrected chi connectivity index (χ2v) is 6.62. The average Bonchev–Trinajstić information content (AvgIpc) is 2.40. The molecule has 0 amide bonds. The van der Waals surface area contributed by atoms with Gasteiger partial charge >= 0.3 is 0 Å². The monoisotopic (exact) mass is 270 g/mol. The quantitative estimate of drug-likeness (QED) is 0.616. The Morgan fingerprint density at radius 1 is 1.33 bits per heavy atom. The molecule has 2 rings (SSSR count). The van der Waals surface area contributed by atoms with Gasteiger partial charge < -0.3 is 15.5 Å². The van der Waals surface area contributed by atoms with Crippen LogP contribution in [0.1, 0.15) is 19.3 Å². The molecule has 0 aromatic carbocycles. The standard InChI is InChI=1S/C13H26N4S/c1-16-6-2-3-12(11-16)4-5-15-13(14)17-7-9-18-10-8-17/h12H,2-11H2,1H3,(H2,14,15). The largest absolute Gasteiger partial charge is 0.370 e. The molecule has 1 unspecified atom stereocenters. The van der Waals surface area contributed by atoms with E-state index in [9.17, 15) is 0 Å². The highest BCUT2D eigenvalue weighted by atomic mass is 32.2.